The van der Waals surface area contributed by atoms with Crippen LogP contribution in [0.3, 0.4) is 0 Å². The van der Waals surface area contributed by atoms with Crippen LogP contribution >= 0.6 is 11.3 Å². The molecule has 2 aliphatic rings. The molecule has 6 heteroatoms. The second-order valence-electron chi connectivity index (χ2n) is 6.84. The Bertz CT molecular complexity index is 714. The minimum atomic E-state index is -0.232. The Morgan fingerprint density at radius 3 is 3.00 bits per heavy atom. The molecule has 1 atom stereocenters. The van der Waals surface area contributed by atoms with Crippen molar-refractivity contribution in [3.8, 4) is 0 Å². The largest absolute Gasteiger partial charge is 0.348 e. The number of nitrogens with one attached hydrogen (secondary N) is 2. The van der Waals surface area contributed by atoms with Crippen molar-refractivity contribution in [2.45, 2.75) is 57.4 Å². The molecule has 23 heavy (non-hydrogen) atoms. The van der Waals surface area contributed by atoms with Crippen molar-refractivity contribution in [1.29, 1.82) is 0 Å². The summed E-state index contributed by atoms with van der Waals surface area (Å²) in [5, 5.41) is 6.55. The van der Waals surface area contributed by atoms with Crippen LogP contribution < -0.4 is 5.32 Å². The van der Waals surface area contributed by atoms with Gasteiger partial charge >= 0.3 is 0 Å². The number of fused-ring (bicyclic) bond motifs is 1. The number of thiazole rings is 1. The molecule has 2 aromatic heterocycles. The number of H-pyrrole nitrogens is 1. The Labute approximate surface area is 139 Å². The van der Waals surface area contributed by atoms with Gasteiger partial charge in [0.25, 0.3) is 0 Å². The van der Waals surface area contributed by atoms with Crippen molar-refractivity contribution >= 4 is 17.2 Å². The van der Waals surface area contributed by atoms with Crippen LogP contribution in [0, 0.1) is 12.8 Å². The van der Waals surface area contributed by atoms with Crippen LogP contribution in [0.4, 0.5) is 0 Å². The van der Waals surface area contributed by atoms with Gasteiger partial charge in [0, 0.05) is 29.1 Å². The van der Waals surface area contributed by atoms with Gasteiger partial charge in [0.05, 0.1) is 17.6 Å². The third kappa shape index (κ3) is 2.69. The lowest BCUT2D eigenvalue weighted by atomic mass is 9.87. The van der Waals surface area contributed by atoms with Crippen molar-refractivity contribution in [2.24, 2.45) is 5.92 Å². The van der Waals surface area contributed by atoms with E-state index in [1.54, 1.807) is 17.7 Å². The van der Waals surface area contributed by atoms with Crippen LogP contribution in [0.15, 0.2) is 11.7 Å². The maximum Gasteiger partial charge on any atom is 0.224 e. The molecule has 4 rings (SSSR count). The van der Waals surface area contributed by atoms with Crippen molar-refractivity contribution < 1.29 is 4.79 Å². The SMILES string of the molecule is Cc1csc(C2(NC(=O)C3CCc4nc[nH]c4C3)CCCC2)n1. The van der Waals surface area contributed by atoms with Crippen LogP contribution in [-0.4, -0.2) is 20.9 Å². The zero-order valence-electron chi connectivity index (χ0n) is 13.4. The lowest BCUT2D eigenvalue weighted by molar-refractivity contribution is -0.127. The first kappa shape index (κ1) is 14.9. The fourth-order valence-electron chi connectivity index (χ4n) is 3.91. The van der Waals surface area contributed by atoms with Crippen molar-refractivity contribution in [2.75, 3.05) is 0 Å². The van der Waals surface area contributed by atoms with Gasteiger partial charge in [-0.1, -0.05) is 12.8 Å². The normalized spacial score (nSPS) is 22.7. The number of amides is 1. The average molecular weight is 330 g/mol. The third-order valence-electron chi connectivity index (χ3n) is 5.21. The van der Waals surface area contributed by atoms with Crippen molar-refractivity contribution in [3.63, 3.8) is 0 Å². The standard InChI is InChI=1S/C17H22N4OS/c1-11-9-23-16(20-11)17(6-2-3-7-17)21-15(22)12-4-5-13-14(8-12)19-10-18-13/h9-10,12H,2-8H2,1H3,(H,18,19)(H,21,22). The van der Waals surface area contributed by atoms with Gasteiger partial charge in [-0.3, -0.25) is 4.79 Å². The van der Waals surface area contributed by atoms with Gasteiger partial charge in [-0.15, -0.1) is 11.3 Å². The number of carbonyl (C=O) groups is 1. The predicted octanol–water partition coefficient (Wildman–Crippen LogP) is 2.87. The molecular weight excluding hydrogens is 308 g/mol. The van der Waals surface area contributed by atoms with Gasteiger partial charge in [-0.05, 0) is 32.6 Å². The Kier molecular flexibility index (Phi) is 3.71. The number of hydrogen-bond donors (Lipinski definition) is 2. The first-order chi connectivity index (χ1) is 11.2. The van der Waals surface area contributed by atoms with Crippen LogP contribution in [-0.2, 0) is 23.2 Å². The number of aromatic amines is 1. The molecule has 1 amide bonds. The summed E-state index contributed by atoms with van der Waals surface area (Å²) in [5.74, 6) is 0.224. The summed E-state index contributed by atoms with van der Waals surface area (Å²) in [6.45, 7) is 2.02. The Hall–Kier alpha value is -1.69. The zero-order chi connectivity index (χ0) is 15.9. The molecule has 0 saturated heterocycles. The van der Waals surface area contributed by atoms with Gasteiger partial charge < -0.3 is 10.3 Å². The van der Waals surface area contributed by atoms with Gasteiger partial charge in [-0.25, -0.2) is 9.97 Å². The van der Waals surface area contributed by atoms with Gasteiger partial charge in [0.15, 0.2) is 0 Å². The smallest absolute Gasteiger partial charge is 0.224 e. The molecule has 0 radical (unpaired) electrons. The van der Waals surface area contributed by atoms with Gasteiger partial charge in [0.2, 0.25) is 5.91 Å². The maximum absolute atomic E-state index is 12.9. The van der Waals surface area contributed by atoms with Crippen LogP contribution in [0.1, 0.15) is 54.2 Å². The van der Waals surface area contributed by atoms with Crippen LogP contribution in [0.2, 0.25) is 0 Å². The van der Waals surface area contributed by atoms with Gasteiger partial charge in [-0.2, -0.15) is 0 Å². The number of hydrogen-bond acceptors (Lipinski definition) is 4. The second kappa shape index (κ2) is 5.74. The summed E-state index contributed by atoms with van der Waals surface area (Å²) in [4.78, 5) is 25.1. The zero-order valence-corrected chi connectivity index (χ0v) is 14.2. The molecule has 2 aliphatic carbocycles. The summed E-state index contributed by atoms with van der Waals surface area (Å²) >= 11 is 1.68. The van der Waals surface area contributed by atoms with Gasteiger partial charge in [0.1, 0.15) is 5.01 Å². The summed E-state index contributed by atoms with van der Waals surface area (Å²) in [6, 6.07) is 0. The van der Waals surface area contributed by atoms with E-state index in [1.807, 2.05) is 6.92 Å². The number of nitrogens with zero attached hydrogens (tertiary/aromatic N) is 2. The monoisotopic (exact) mass is 330 g/mol. The molecule has 0 aromatic carbocycles. The van der Waals surface area contributed by atoms with E-state index in [0.29, 0.717) is 0 Å². The molecule has 1 saturated carbocycles. The maximum atomic E-state index is 12.9. The van der Waals surface area contributed by atoms with E-state index in [1.165, 1.54) is 0 Å². The van der Waals surface area contributed by atoms with E-state index in [0.717, 1.165) is 67.0 Å². The average Bonchev–Trinajstić information content (AvgIpc) is 3.26. The number of aryl methyl sites for hydroxylation is 2. The molecule has 0 aliphatic heterocycles. The van der Waals surface area contributed by atoms with Crippen LogP contribution in [0.25, 0.3) is 0 Å². The summed E-state index contributed by atoms with van der Waals surface area (Å²) in [7, 11) is 0. The molecule has 5 nitrogen and oxygen atoms in total. The molecule has 122 valence electrons. The first-order valence-corrected chi connectivity index (χ1v) is 9.30. The number of aromatic nitrogens is 3. The fourth-order valence-corrected chi connectivity index (χ4v) is 4.92. The Morgan fingerprint density at radius 1 is 1.43 bits per heavy atom. The van der Waals surface area contributed by atoms with Crippen molar-refractivity contribution in [1.82, 2.24) is 20.3 Å². The quantitative estimate of drug-likeness (QED) is 0.909. The predicted molar refractivity (Wildman–Crippen MR) is 89.2 cm³/mol. The summed E-state index contributed by atoms with van der Waals surface area (Å²) in [5.41, 5.74) is 3.07. The minimum Gasteiger partial charge on any atom is -0.348 e. The van der Waals surface area contributed by atoms with E-state index < -0.39 is 0 Å². The highest BCUT2D eigenvalue weighted by molar-refractivity contribution is 7.09. The van der Waals surface area contributed by atoms with Crippen LogP contribution in [0.5, 0.6) is 0 Å². The van der Waals surface area contributed by atoms with E-state index in [2.05, 4.69) is 25.6 Å². The minimum absolute atomic E-state index is 0.0430. The molecule has 2 aromatic rings. The highest BCUT2D eigenvalue weighted by atomic mass is 32.1. The van der Waals surface area contributed by atoms with E-state index in [-0.39, 0.29) is 17.4 Å². The molecule has 2 N–H and O–H groups in total. The Morgan fingerprint density at radius 2 is 2.26 bits per heavy atom. The third-order valence-corrected chi connectivity index (χ3v) is 6.37. The second-order valence-corrected chi connectivity index (χ2v) is 7.70. The molecule has 2 heterocycles. The lowest BCUT2D eigenvalue weighted by Crippen LogP contribution is -2.47. The lowest BCUT2D eigenvalue weighted by Gasteiger charge is -2.31. The summed E-state index contributed by atoms with van der Waals surface area (Å²) in [6.07, 6.45) is 8.62. The first-order valence-electron chi connectivity index (χ1n) is 8.42. The Balaban J connectivity index is 1.52. The van der Waals surface area contributed by atoms with E-state index in [4.69, 9.17) is 0 Å². The van der Waals surface area contributed by atoms with Crippen molar-refractivity contribution in [3.05, 3.63) is 33.8 Å². The van der Waals surface area contributed by atoms with E-state index >= 15 is 0 Å². The number of rotatable bonds is 3. The topological polar surface area (TPSA) is 70.7 Å². The highest BCUT2D eigenvalue weighted by Gasteiger charge is 2.41. The number of imidazole rings is 1. The molecule has 0 bridgehead atoms. The van der Waals surface area contributed by atoms with E-state index in [9.17, 15) is 4.79 Å². The molecule has 0 spiro atoms. The molecule has 1 unspecified atom stereocenters. The number of carbonyl (C=O) groups excluding carboxylic acids is 1. The highest BCUT2D eigenvalue weighted by Crippen LogP contribution is 2.40. The molecular formula is C17H22N4OS. The molecule has 1 fully saturated rings. The fraction of sp³-hybridized carbons (Fsp3) is 0.588. The summed E-state index contributed by atoms with van der Waals surface area (Å²) < 4.78 is 0.